The van der Waals surface area contributed by atoms with Crippen LogP contribution in [0.2, 0.25) is 0 Å². The summed E-state index contributed by atoms with van der Waals surface area (Å²) in [5.74, 6) is 0.941. The molecule has 0 aromatic rings. The fraction of sp³-hybridized carbons (Fsp3) is 0.500. The summed E-state index contributed by atoms with van der Waals surface area (Å²) in [6.07, 6.45) is 1.95. The third-order valence-electron chi connectivity index (χ3n) is 2.68. The van der Waals surface area contributed by atoms with Crippen LogP contribution in [0.1, 0.15) is 20.8 Å². The van der Waals surface area contributed by atoms with Crippen LogP contribution in [0.3, 0.4) is 0 Å². The van der Waals surface area contributed by atoms with Gasteiger partial charge in [0.1, 0.15) is 18.2 Å². The highest BCUT2D eigenvalue weighted by Gasteiger charge is 2.37. The third kappa shape index (κ3) is 1.91. The first kappa shape index (κ1) is 9.89. The van der Waals surface area contributed by atoms with Crippen molar-refractivity contribution in [3.63, 3.8) is 0 Å². The highest BCUT2D eigenvalue weighted by Crippen LogP contribution is 2.11. The summed E-state index contributed by atoms with van der Waals surface area (Å²) in [4.78, 5) is 11.0. The van der Waals surface area contributed by atoms with Gasteiger partial charge in [-0.25, -0.2) is 4.79 Å². The molecule has 5 heteroatoms. The number of nitrogens with one attached hydrogen (secondary N) is 4. The number of hydrogen-bond acceptors (Lipinski definition) is 3. The van der Waals surface area contributed by atoms with E-state index < -0.39 is 0 Å². The molecular formula is C10H16N4O. The molecule has 5 nitrogen and oxygen atoms in total. The minimum Gasteiger partial charge on any atom is -0.349 e. The smallest absolute Gasteiger partial charge is 0.318 e. The lowest BCUT2D eigenvalue weighted by Gasteiger charge is -2.06. The van der Waals surface area contributed by atoms with E-state index in [1.165, 1.54) is 11.1 Å². The van der Waals surface area contributed by atoms with Crippen molar-refractivity contribution in [1.82, 2.24) is 21.3 Å². The van der Waals surface area contributed by atoms with Gasteiger partial charge in [-0.15, -0.1) is 0 Å². The van der Waals surface area contributed by atoms with Crippen molar-refractivity contribution in [3.8, 4) is 0 Å². The van der Waals surface area contributed by atoms with Crippen LogP contribution < -0.4 is 21.3 Å². The Hall–Kier alpha value is -1.65. The monoisotopic (exact) mass is 208 g/mol. The van der Waals surface area contributed by atoms with Crippen LogP contribution in [0.4, 0.5) is 4.79 Å². The molecule has 2 saturated heterocycles. The number of urea groups is 1. The van der Waals surface area contributed by atoms with Gasteiger partial charge in [0.15, 0.2) is 0 Å². The molecule has 2 atom stereocenters. The van der Waals surface area contributed by atoms with E-state index in [1.807, 2.05) is 6.08 Å². The Morgan fingerprint density at radius 1 is 1.07 bits per heavy atom. The molecule has 2 aliphatic heterocycles. The number of carbonyl (C=O) groups excluding carboxylic acids is 1. The molecule has 2 unspecified atom stereocenters. The lowest BCUT2D eigenvalue weighted by atomic mass is 10.2. The van der Waals surface area contributed by atoms with Crippen LogP contribution in [0.5, 0.6) is 0 Å². The van der Waals surface area contributed by atoms with E-state index in [9.17, 15) is 4.79 Å². The molecule has 0 aliphatic carbocycles. The van der Waals surface area contributed by atoms with Crippen molar-refractivity contribution in [3.05, 3.63) is 23.0 Å². The fourth-order valence-corrected chi connectivity index (χ4v) is 1.55. The maximum Gasteiger partial charge on any atom is 0.318 e. The van der Waals surface area contributed by atoms with Gasteiger partial charge in [-0.05, 0) is 32.4 Å². The van der Waals surface area contributed by atoms with E-state index >= 15 is 0 Å². The number of hydrogen-bond donors (Lipinski definition) is 4. The Balaban J connectivity index is 2.06. The Kier molecular flexibility index (Phi) is 2.30. The van der Waals surface area contributed by atoms with E-state index in [0.717, 1.165) is 5.82 Å². The first-order chi connectivity index (χ1) is 7.06. The van der Waals surface area contributed by atoms with Gasteiger partial charge < -0.3 is 21.3 Å². The highest BCUT2D eigenvalue weighted by molar-refractivity contribution is 5.77. The Morgan fingerprint density at radius 2 is 1.60 bits per heavy atom. The lowest BCUT2D eigenvalue weighted by Crippen LogP contribution is -2.39. The van der Waals surface area contributed by atoms with Gasteiger partial charge in [0.2, 0.25) is 0 Å². The maximum atomic E-state index is 11.0. The second-order valence-electron chi connectivity index (χ2n) is 4.10. The molecule has 2 heterocycles. The topological polar surface area (TPSA) is 65.2 Å². The first-order valence-electron chi connectivity index (χ1n) is 5.02. The van der Waals surface area contributed by atoms with E-state index in [0.29, 0.717) is 0 Å². The quantitative estimate of drug-likeness (QED) is 0.502. The predicted octanol–water partition coefficient (Wildman–Crippen LogP) is 0.342. The summed E-state index contributed by atoms with van der Waals surface area (Å²) in [6, 6.07) is -0.136. The number of rotatable bonds is 1. The van der Waals surface area contributed by atoms with Gasteiger partial charge in [0.25, 0.3) is 0 Å². The normalized spacial score (nSPS) is 27.1. The minimum absolute atomic E-state index is 0.0475. The number of allylic oxidation sites excluding steroid dienone is 3. The molecule has 4 N–H and O–H groups in total. The zero-order valence-electron chi connectivity index (χ0n) is 9.14. The fourth-order valence-electron chi connectivity index (χ4n) is 1.55. The molecule has 2 fully saturated rings. The molecule has 0 aromatic carbocycles. The zero-order chi connectivity index (χ0) is 11.0. The predicted molar refractivity (Wildman–Crippen MR) is 57.6 cm³/mol. The van der Waals surface area contributed by atoms with Crippen molar-refractivity contribution in [2.24, 2.45) is 0 Å². The largest absolute Gasteiger partial charge is 0.349 e. The molecule has 0 spiro atoms. The number of amides is 2. The summed E-state index contributed by atoms with van der Waals surface area (Å²) in [5.41, 5.74) is 2.50. The highest BCUT2D eigenvalue weighted by atomic mass is 16.2. The van der Waals surface area contributed by atoms with Gasteiger partial charge in [-0.3, -0.25) is 0 Å². The lowest BCUT2D eigenvalue weighted by molar-refractivity contribution is 0.246. The molecule has 0 bridgehead atoms. The molecule has 82 valence electrons. The van der Waals surface area contributed by atoms with E-state index in [1.54, 1.807) is 0 Å². The van der Waals surface area contributed by atoms with Crippen LogP contribution >= 0.6 is 0 Å². The van der Waals surface area contributed by atoms with E-state index in [4.69, 9.17) is 0 Å². The van der Waals surface area contributed by atoms with Crippen LogP contribution in [0, 0.1) is 0 Å². The summed E-state index contributed by atoms with van der Waals surface area (Å²) in [6.45, 7) is 6.20. The molecule has 2 rings (SSSR count). The van der Waals surface area contributed by atoms with Gasteiger partial charge in [-0.1, -0.05) is 5.57 Å². The Labute approximate surface area is 89.0 Å². The van der Waals surface area contributed by atoms with Crippen molar-refractivity contribution in [2.75, 3.05) is 0 Å². The average molecular weight is 208 g/mol. The van der Waals surface area contributed by atoms with Crippen LogP contribution in [-0.2, 0) is 0 Å². The molecular weight excluding hydrogens is 192 g/mol. The van der Waals surface area contributed by atoms with E-state index in [2.05, 4.69) is 42.0 Å². The number of carbonyl (C=O) groups is 1. The SMILES string of the molecule is CC(C)=C(C)C=C1NC2NC(=O)NC2N1. The second kappa shape index (κ2) is 3.49. The van der Waals surface area contributed by atoms with Crippen LogP contribution in [0.25, 0.3) is 0 Å². The van der Waals surface area contributed by atoms with Crippen LogP contribution in [-0.4, -0.2) is 18.4 Å². The number of fused-ring (bicyclic) bond motifs is 1. The van der Waals surface area contributed by atoms with Gasteiger partial charge in [-0.2, -0.15) is 0 Å². The molecule has 2 aliphatic rings. The van der Waals surface area contributed by atoms with Crippen LogP contribution in [0.15, 0.2) is 23.0 Å². The summed E-state index contributed by atoms with van der Waals surface area (Å²) in [7, 11) is 0. The molecule has 0 saturated carbocycles. The van der Waals surface area contributed by atoms with Crippen molar-refractivity contribution < 1.29 is 4.79 Å². The standard InChI is InChI=1S/C10H16N4O/c1-5(2)6(3)4-7-11-8-9(12-7)14-10(15)13-8/h4,8-9,11-12H,1-3H3,(H2,13,14,15). The molecule has 15 heavy (non-hydrogen) atoms. The van der Waals surface area contributed by atoms with Gasteiger partial charge >= 0.3 is 6.03 Å². The van der Waals surface area contributed by atoms with Gasteiger partial charge in [0, 0.05) is 0 Å². The van der Waals surface area contributed by atoms with Crippen molar-refractivity contribution in [1.29, 1.82) is 0 Å². The summed E-state index contributed by atoms with van der Waals surface area (Å²) in [5, 5.41) is 11.9. The maximum absolute atomic E-state index is 11.0. The average Bonchev–Trinajstić information content (AvgIpc) is 2.60. The zero-order valence-corrected chi connectivity index (χ0v) is 9.14. The summed E-state index contributed by atoms with van der Waals surface area (Å²) >= 11 is 0. The minimum atomic E-state index is -0.136. The first-order valence-corrected chi connectivity index (χ1v) is 5.02. The molecule has 2 amide bonds. The second-order valence-corrected chi connectivity index (χ2v) is 4.10. The third-order valence-corrected chi connectivity index (χ3v) is 2.68. The Morgan fingerprint density at radius 3 is 2.07 bits per heavy atom. The van der Waals surface area contributed by atoms with Crippen molar-refractivity contribution >= 4 is 6.03 Å². The van der Waals surface area contributed by atoms with Gasteiger partial charge in [0.05, 0.1) is 0 Å². The molecule has 0 radical (unpaired) electrons. The summed E-state index contributed by atoms with van der Waals surface area (Å²) < 4.78 is 0. The Bertz CT molecular complexity index is 336. The van der Waals surface area contributed by atoms with Crippen molar-refractivity contribution in [2.45, 2.75) is 33.1 Å². The van der Waals surface area contributed by atoms with E-state index in [-0.39, 0.29) is 18.4 Å². The molecule has 0 aromatic heterocycles.